The van der Waals surface area contributed by atoms with Gasteiger partial charge in [0.2, 0.25) is 5.91 Å². The number of aliphatic carboxylic acids is 1. The van der Waals surface area contributed by atoms with Crippen molar-refractivity contribution in [2.45, 2.75) is 26.9 Å². The molecule has 0 saturated carbocycles. The molecule has 0 aromatic carbocycles. The van der Waals surface area contributed by atoms with E-state index in [1.807, 2.05) is 11.6 Å². The molecular weight excluding hydrogens is 284 g/mol. The summed E-state index contributed by atoms with van der Waals surface area (Å²) in [7, 11) is 0. The molecule has 1 N–H and O–H groups in total. The summed E-state index contributed by atoms with van der Waals surface area (Å²) in [5.74, 6) is -1.34. The second-order valence-corrected chi connectivity index (χ2v) is 5.37. The number of hydrogen-bond donors (Lipinski definition) is 1. The first-order chi connectivity index (χ1) is 10.5. The number of aromatic nitrogens is 2. The maximum atomic E-state index is 11.8. The van der Waals surface area contributed by atoms with Gasteiger partial charge in [-0.15, -0.1) is 0 Å². The van der Waals surface area contributed by atoms with Gasteiger partial charge in [0.1, 0.15) is 0 Å². The molecule has 7 nitrogen and oxygen atoms in total. The summed E-state index contributed by atoms with van der Waals surface area (Å²) >= 11 is 0. The molecule has 2 rings (SSSR count). The highest BCUT2D eigenvalue weighted by Gasteiger charge is 2.20. The van der Waals surface area contributed by atoms with Gasteiger partial charge in [0.05, 0.1) is 5.69 Å². The van der Waals surface area contributed by atoms with Crippen LogP contribution in [0.1, 0.15) is 18.2 Å². The van der Waals surface area contributed by atoms with Crippen LogP contribution in [0.25, 0.3) is 0 Å². The van der Waals surface area contributed by atoms with Crippen molar-refractivity contribution >= 4 is 11.9 Å². The van der Waals surface area contributed by atoms with Crippen molar-refractivity contribution < 1.29 is 14.7 Å². The lowest BCUT2D eigenvalue weighted by Crippen LogP contribution is -2.47. The van der Waals surface area contributed by atoms with E-state index in [0.717, 1.165) is 44.0 Å². The molecule has 22 heavy (non-hydrogen) atoms. The highest BCUT2D eigenvalue weighted by atomic mass is 16.4. The van der Waals surface area contributed by atoms with Gasteiger partial charge < -0.3 is 10.0 Å². The van der Waals surface area contributed by atoms with E-state index in [4.69, 9.17) is 5.11 Å². The molecule has 1 aromatic rings. The molecule has 120 valence electrons. The first-order valence-corrected chi connectivity index (χ1v) is 7.44. The first kappa shape index (κ1) is 16.2. The Hall–Kier alpha value is -2.15. The Morgan fingerprint density at radius 1 is 1.27 bits per heavy atom. The smallest absolute Gasteiger partial charge is 0.328 e. The summed E-state index contributed by atoms with van der Waals surface area (Å²) < 4.78 is 1.93. The molecule has 2 heterocycles. The van der Waals surface area contributed by atoms with E-state index >= 15 is 0 Å². The first-order valence-electron chi connectivity index (χ1n) is 7.44. The average Bonchev–Trinajstić information content (AvgIpc) is 2.86. The third-order valence-electron chi connectivity index (χ3n) is 3.82. The molecular formula is C15H22N4O3. The Morgan fingerprint density at radius 2 is 1.95 bits per heavy atom. The third kappa shape index (κ3) is 4.17. The van der Waals surface area contributed by atoms with Crippen LogP contribution in [0.15, 0.2) is 18.3 Å². The van der Waals surface area contributed by atoms with Gasteiger partial charge in [0, 0.05) is 63.2 Å². The Morgan fingerprint density at radius 3 is 2.50 bits per heavy atom. The molecule has 1 amide bonds. The number of carboxylic acid groups (broad SMARTS) is 1. The lowest BCUT2D eigenvalue weighted by molar-refractivity contribution is -0.132. The summed E-state index contributed by atoms with van der Waals surface area (Å²) in [6, 6.07) is 0. The van der Waals surface area contributed by atoms with Crippen molar-refractivity contribution in [3.8, 4) is 0 Å². The Labute approximate surface area is 129 Å². The van der Waals surface area contributed by atoms with E-state index < -0.39 is 5.97 Å². The molecule has 1 aliphatic rings. The maximum absolute atomic E-state index is 11.8. The summed E-state index contributed by atoms with van der Waals surface area (Å²) in [6.07, 6.45) is 4.08. The summed E-state index contributed by atoms with van der Waals surface area (Å²) in [6.45, 7) is 8.56. The fourth-order valence-electron chi connectivity index (χ4n) is 2.49. The van der Waals surface area contributed by atoms with Crippen LogP contribution in [0.2, 0.25) is 0 Å². The Bertz CT molecular complexity index is 571. The van der Waals surface area contributed by atoms with Gasteiger partial charge in [0.15, 0.2) is 0 Å². The van der Waals surface area contributed by atoms with E-state index in [2.05, 4.69) is 23.1 Å². The van der Waals surface area contributed by atoms with Crippen LogP contribution in [0.3, 0.4) is 0 Å². The van der Waals surface area contributed by atoms with Gasteiger partial charge in [0.25, 0.3) is 0 Å². The highest BCUT2D eigenvalue weighted by Crippen LogP contribution is 2.12. The number of amides is 1. The molecule has 1 aromatic heterocycles. The van der Waals surface area contributed by atoms with Crippen molar-refractivity contribution in [3.63, 3.8) is 0 Å². The van der Waals surface area contributed by atoms with Crippen molar-refractivity contribution in [1.29, 1.82) is 0 Å². The number of hydrogen-bond acceptors (Lipinski definition) is 4. The van der Waals surface area contributed by atoms with E-state index in [0.29, 0.717) is 13.1 Å². The quantitative estimate of drug-likeness (QED) is 0.801. The molecule has 0 unspecified atom stereocenters. The zero-order valence-corrected chi connectivity index (χ0v) is 13.0. The zero-order chi connectivity index (χ0) is 16.1. The Balaban J connectivity index is 1.85. The van der Waals surface area contributed by atoms with Gasteiger partial charge >= 0.3 is 5.97 Å². The fraction of sp³-hybridized carbons (Fsp3) is 0.533. The lowest BCUT2D eigenvalue weighted by Gasteiger charge is -2.34. The molecule has 0 spiro atoms. The number of carboxylic acids is 1. The molecule has 0 radical (unpaired) electrons. The minimum atomic E-state index is -1.10. The summed E-state index contributed by atoms with van der Waals surface area (Å²) in [5.41, 5.74) is 2.26. The van der Waals surface area contributed by atoms with E-state index in [1.165, 1.54) is 5.56 Å². The van der Waals surface area contributed by atoms with Gasteiger partial charge in [-0.2, -0.15) is 5.10 Å². The number of carbonyl (C=O) groups excluding carboxylic acids is 1. The van der Waals surface area contributed by atoms with Crippen molar-refractivity contribution in [1.82, 2.24) is 19.6 Å². The summed E-state index contributed by atoms with van der Waals surface area (Å²) in [5, 5.41) is 13.0. The minimum Gasteiger partial charge on any atom is -0.478 e. The van der Waals surface area contributed by atoms with Crippen LogP contribution >= 0.6 is 0 Å². The van der Waals surface area contributed by atoms with Gasteiger partial charge in [-0.1, -0.05) is 0 Å². The number of nitrogens with zero attached hydrogens (tertiary/aromatic N) is 4. The van der Waals surface area contributed by atoms with E-state index in [1.54, 1.807) is 4.90 Å². The molecule has 0 atom stereocenters. The van der Waals surface area contributed by atoms with Crippen LogP contribution in [-0.4, -0.2) is 62.7 Å². The number of rotatable bonds is 5. The highest BCUT2D eigenvalue weighted by molar-refractivity contribution is 5.93. The van der Waals surface area contributed by atoms with Gasteiger partial charge in [-0.05, 0) is 13.8 Å². The third-order valence-corrected chi connectivity index (χ3v) is 3.82. The fourth-order valence-corrected chi connectivity index (χ4v) is 2.49. The number of carbonyl (C=O) groups is 2. The molecule has 7 heteroatoms. The van der Waals surface area contributed by atoms with E-state index in [-0.39, 0.29) is 5.91 Å². The predicted octanol–water partition coefficient (Wildman–Crippen LogP) is 0.496. The van der Waals surface area contributed by atoms with Crippen LogP contribution in [0, 0.1) is 6.92 Å². The summed E-state index contributed by atoms with van der Waals surface area (Å²) in [4.78, 5) is 26.2. The predicted molar refractivity (Wildman–Crippen MR) is 81.3 cm³/mol. The minimum absolute atomic E-state index is 0.239. The monoisotopic (exact) mass is 306 g/mol. The average molecular weight is 306 g/mol. The SMILES string of the molecule is CCn1cc(CN2CCN(C(=O)C=CC(=O)O)CC2)c(C)n1. The normalized spacial score (nSPS) is 16.4. The van der Waals surface area contributed by atoms with Crippen molar-refractivity contribution in [2.24, 2.45) is 0 Å². The molecule has 0 bridgehead atoms. The lowest BCUT2D eigenvalue weighted by atomic mass is 10.2. The molecule has 0 aliphatic carbocycles. The standard InChI is InChI=1S/C15H22N4O3/c1-3-19-11-13(12(2)16-19)10-17-6-8-18(9-7-17)14(20)4-5-15(21)22/h4-5,11H,3,6-10H2,1-2H3,(H,21,22). The topological polar surface area (TPSA) is 78.7 Å². The van der Waals surface area contributed by atoms with Gasteiger partial charge in [-0.3, -0.25) is 14.4 Å². The number of aryl methyl sites for hydroxylation is 2. The number of piperazine rings is 1. The zero-order valence-electron chi connectivity index (χ0n) is 13.0. The van der Waals surface area contributed by atoms with Crippen LogP contribution in [0.5, 0.6) is 0 Å². The molecule has 1 aliphatic heterocycles. The second kappa shape index (κ2) is 7.22. The van der Waals surface area contributed by atoms with Crippen LogP contribution in [0.4, 0.5) is 0 Å². The van der Waals surface area contributed by atoms with Crippen LogP contribution < -0.4 is 0 Å². The van der Waals surface area contributed by atoms with E-state index in [9.17, 15) is 9.59 Å². The molecule has 1 fully saturated rings. The maximum Gasteiger partial charge on any atom is 0.328 e. The van der Waals surface area contributed by atoms with Crippen molar-refractivity contribution in [3.05, 3.63) is 29.6 Å². The second-order valence-electron chi connectivity index (χ2n) is 5.37. The van der Waals surface area contributed by atoms with Crippen LogP contribution in [-0.2, 0) is 22.7 Å². The van der Waals surface area contributed by atoms with Crippen molar-refractivity contribution in [2.75, 3.05) is 26.2 Å². The Kier molecular flexibility index (Phi) is 5.32. The molecule has 1 saturated heterocycles. The largest absolute Gasteiger partial charge is 0.478 e. The van der Waals surface area contributed by atoms with Gasteiger partial charge in [-0.25, -0.2) is 4.79 Å².